The third-order valence-corrected chi connectivity index (χ3v) is 3.36. The molecule has 0 aliphatic carbocycles. The van der Waals surface area contributed by atoms with Gasteiger partial charge in [-0.3, -0.25) is 19.2 Å². The predicted octanol–water partition coefficient (Wildman–Crippen LogP) is -0.525. The lowest BCUT2D eigenvalue weighted by Crippen LogP contribution is -2.52. The fraction of sp³-hybridized carbons (Fsp3) is 0.733. The highest BCUT2D eigenvalue weighted by Crippen LogP contribution is 2.09. The summed E-state index contributed by atoms with van der Waals surface area (Å²) in [6, 6.07) is -1.36. The molecule has 1 heterocycles. The van der Waals surface area contributed by atoms with Gasteiger partial charge in [-0.15, -0.1) is 0 Å². The number of ether oxygens (including phenoxy) is 1. The van der Waals surface area contributed by atoms with E-state index in [9.17, 15) is 19.2 Å². The van der Waals surface area contributed by atoms with Crippen molar-refractivity contribution in [2.45, 2.75) is 52.1 Å². The van der Waals surface area contributed by atoms with Gasteiger partial charge < -0.3 is 20.7 Å². The molecule has 1 saturated heterocycles. The molecule has 1 aliphatic rings. The zero-order chi connectivity index (χ0) is 17.4. The van der Waals surface area contributed by atoms with Gasteiger partial charge >= 0.3 is 5.97 Å². The highest BCUT2D eigenvalue weighted by Gasteiger charge is 2.30. The number of hydrogen-bond acceptors (Lipinski definition) is 5. The first-order valence-electron chi connectivity index (χ1n) is 7.86. The molecule has 1 fully saturated rings. The smallest absolute Gasteiger partial charge is 0.325 e. The Balaban J connectivity index is 2.57. The lowest BCUT2D eigenvalue weighted by molar-refractivity contribution is -0.143. The summed E-state index contributed by atoms with van der Waals surface area (Å²) >= 11 is 0. The number of amides is 3. The predicted molar refractivity (Wildman–Crippen MR) is 82.2 cm³/mol. The van der Waals surface area contributed by atoms with Gasteiger partial charge in [0.25, 0.3) is 0 Å². The Hall–Kier alpha value is -2.12. The van der Waals surface area contributed by atoms with Gasteiger partial charge in [-0.2, -0.15) is 0 Å². The molecular weight excluding hydrogens is 302 g/mol. The second kappa shape index (κ2) is 9.12. The average Bonchev–Trinajstić information content (AvgIpc) is 2.90. The summed E-state index contributed by atoms with van der Waals surface area (Å²) in [6.45, 7) is 5.53. The van der Waals surface area contributed by atoms with Gasteiger partial charge in [0.15, 0.2) is 0 Å². The van der Waals surface area contributed by atoms with E-state index < -0.39 is 24.0 Å². The van der Waals surface area contributed by atoms with E-state index in [1.165, 1.54) is 0 Å². The Morgan fingerprint density at radius 1 is 1.35 bits per heavy atom. The van der Waals surface area contributed by atoms with Crippen molar-refractivity contribution in [3.63, 3.8) is 0 Å². The van der Waals surface area contributed by atoms with Crippen molar-refractivity contribution in [2.75, 3.05) is 13.2 Å². The topological polar surface area (TPSA) is 114 Å². The molecule has 0 unspecified atom stereocenters. The first kappa shape index (κ1) is 18.9. The molecule has 130 valence electrons. The summed E-state index contributed by atoms with van der Waals surface area (Å²) in [6.07, 6.45) is 1.16. The van der Waals surface area contributed by atoms with Crippen LogP contribution in [0, 0.1) is 5.92 Å². The van der Waals surface area contributed by atoms with Gasteiger partial charge in [0, 0.05) is 6.42 Å². The van der Waals surface area contributed by atoms with Crippen LogP contribution in [0.25, 0.3) is 0 Å². The molecule has 0 aromatic rings. The number of carbonyl (C=O) groups is 4. The van der Waals surface area contributed by atoms with Crippen LogP contribution in [0.5, 0.6) is 0 Å². The fourth-order valence-corrected chi connectivity index (χ4v) is 2.28. The second-order valence-corrected chi connectivity index (χ2v) is 5.87. The molecule has 0 radical (unpaired) electrons. The highest BCUT2D eigenvalue weighted by molar-refractivity contribution is 5.94. The molecule has 0 spiro atoms. The molecule has 0 bridgehead atoms. The summed E-state index contributed by atoms with van der Waals surface area (Å²) < 4.78 is 4.74. The van der Waals surface area contributed by atoms with E-state index >= 15 is 0 Å². The SMILES string of the molecule is CCOC(=O)CNC(=O)[C@@H](CC(C)C)NC(=O)[C@@H]1CCC(=O)N1. The van der Waals surface area contributed by atoms with Crippen LogP contribution in [0.2, 0.25) is 0 Å². The van der Waals surface area contributed by atoms with Crippen molar-refractivity contribution in [2.24, 2.45) is 5.92 Å². The molecule has 8 nitrogen and oxygen atoms in total. The third-order valence-electron chi connectivity index (χ3n) is 3.36. The quantitative estimate of drug-likeness (QED) is 0.519. The number of hydrogen-bond donors (Lipinski definition) is 3. The van der Waals surface area contributed by atoms with Crippen LogP contribution in [-0.4, -0.2) is 48.9 Å². The molecule has 3 N–H and O–H groups in total. The van der Waals surface area contributed by atoms with E-state index in [-0.39, 0.29) is 30.9 Å². The van der Waals surface area contributed by atoms with E-state index in [0.717, 1.165) is 0 Å². The zero-order valence-corrected chi connectivity index (χ0v) is 13.8. The molecule has 2 atom stereocenters. The normalized spacial score (nSPS) is 18.3. The minimum absolute atomic E-state index is 0.169. The third kappa shape index (κ3) is 6.66. The Kier molecular flexibility index (Phi) is 7.50. The average molecular weight is 327 g/mol. The summed E-state index contributed by atoms with van der Waals surface area (Å²) in [4.78, 5) is 46.8. The van der Waals surface area contributed by atoms with Crippen molar-refractivity contribution in [1.82, 2.24) is 16.0 Å². The molecule has 0 saturated carbocycles. The van der Waals surface area contributed by atoms with Crippen LogP contribution in [0.4, 0.5) is 0 Å². The zero-order valence-electron chi connectivity index (χ0n) is 13.8. The van der Waals surface area contributed by atoms with Crippen molar-refractivity contribution in [1.29, 1.82) is 0 Å². The molecule has 3 amide bonds. The number of carbonyl (C=O) groups excluding carboxylic acids is 4. The van der Waals surface area contributed by atoms with Crippen LogP contribution < -0.4 is 16.0 Å². The van der Waals surface area contributed by atoms with Gasteiger partial charge in [0.2, 0.25) is 17.7 Å². The molecule has 1 aliphatic heterocycles. The first-order valence-corrected chi connectivity index (χ1v) is 7.86. The van der Waals surface area contributed by atoms with E-state index in [0.29, 0.717) is 19.3 Å². The van der Waals surface area contributed by atoms with Crippen molar-refractivity contribution in [3.8, 4) is 0 Å². The Morgan fingerprint density at radius 2 is 2.04 bits per heavy atom. The summed E-state index contributed by atoms with van der Waals surface area (Å²) in [5.74, 6) is -1.35. The van der Waals surface area contributed by atoms with Crippen LogP contribution in [0.1, 0.15) is 40.0 Å². The van der Waals surface area contributed by atoms with Gasteiger partial charge in [0.1, 0.15) is 18.6 Å². The lowest BCUT2D eigenvalue weighted by Gasteiger charge is -2.21. The van der Waals surface area contributed by atoms with Crippen LogP contribution in [0.3, 0.4) is 0 Å². The van der Waals surface area contributed by atoms with Gasteiger partial charge in [-0.25, -0.2) is 0 Å². The molecule has 8 heteroatoms. The maximum absolute atomic E-state index is 12.2. The lowest BCUT2D eigenvalue weighted by atomic mass is 10.0. The fourth-order valence-electron chi connectivity index (χ4n) is 2.28. The summed E-state index contributed by atoms with van der Waals surface area (Å²) in [7, 11) is 0. The maximum Gasteiger partial charge on any atom is 0.325 e. The largest absolute Gasteiger partial charge is 0.465 e. The number of rotatable bonds is 8. The van der Waals surface area contributed by atoms with E-state index in [1.54, 1.807) is 6.92 Å². The van der Waals surface area contributed by atoms with E-state index in [1.807, 2.05) is 13.8 Å². The molecule has 0 aromatic heterocycles. The molecular formula is C15H25N3O5. The van der Waals surface area contributed by atoms with Gasteiger partial charge in [0.05, 0.1) is 6.61 Å². The minimum atomic E-state index is -0.755. The molecule has 1 rings (SSSR count). The van der Waals surface area contributed by atoms with Crippen molar-refractivity contribution < 1.29 is 23.9 Å². The molecule has 23 heavy (non-hydrogen) atoms. The van der Waals surface area contributed by atoms with Crippen LogP contribution >= 0.6 is 0 Å². The number of esters is 1. The van der Waals surface area contributed by atoms with Crippen molar-refractivity contribution in [3.05, 3.63) is 0 Å². The Morgan fingerprint density at radius 3 is 2.57 bits per heavy atom. The summed E-state index contributed by atoms with van der Waals surface area (Å²) in [5.41, 5.74) is 0. The second-order valence-electron chi connectivity index (χ2n) is 5.87. The molecule has 0 aromatic carbocycles. The standard InChI is InChI=1S/C15H25N3O5/c1-4-23-13(20)8-16-14(21)11(7-9(2)3)18-15(22)10-5-6-12(19)17-10/h9-11H,4-8H2,1-3H3,(H,16,21)(H,17,19)(H,18,22)/t10-,11+/m0/s1. The van der Waals surface area contributed by atoms with E-state index in [2.05, 4.69) is 16.0 Å². The summed E-state index contributed by atoms with van der Waals surface area (Å²) in [5, 5.41) is 7.67. The van der Waals surface area contributed by atoms with Crippen molar-refractivity contribution >= 4 is 23.7 Å². The van der Waals surface area contributed by atoms with Gasteiger partial charge in [-0.1, -0.05) is 13.8 Å². The monoisotopic (exact) mass is 327 g/mol. The first-order chi connectivity index (χ1) is 10.8. The Bertz CT molecular complexity index is 464. The van der Waals surface area contributed by atoms with E-state index in [4.69, 9.17) is 4.74 Å². The Labute approximate surface area is 135 Å². The minimum Gasteiger partial charge on any atom is -0.465 e. The highest BCUT2D eigenvalue weighted by atomic mass is 16.5. The van der Waals surface area contributed by atoms with Gasteiger partial charge in [-0.05, 0) is 25.7 Å². The number of nitrogens with one attached hydrogen (secondary N) is 3. The van der Waals surface area contributed by atoms with Crippen LogP contribution in [0.15, 0.2) is 0 Å². The van der Waals surface area contributed by atoms with Crippen LogP contribution in [-0.2, 0) is 23.9 Å². The maximum atomic E-state index is 12.2.